The summed E-state index contributed by atoms with van der Waals surface area (Å²) in [6.07, 6.45) is 2.12. The standard InChI is InChI=1S/C18H25N3OS/c1-15-17(14-16-6-3-2-4-7-16)23-18(20-15)19-8-5-9-21-10-12-22-13-11-21/h2-4,6-7H,5,8-14H2,1H3,(H,19,20). The summed E-state index contributed by atoms with van der Waals surface area (Å²) in [7, 11) is 0. The molecule has 0 atom stereocenters. The monoisotopic (exact) mass is 331 g/mol. The van der Waals surface area contributed by atoms with E-state index >= 15 is 0 Å². The van der Waals surface area contributed by atoms with E-state index in [0.717, 1.165) is 63.1 Å². The van der Waals surface area contributed by atoms with Crippen LogP contribution in [0.15, 0.2) is 30.3 Å². The van der Waals surface area contributed by atoms with E-state index in [1.807, 2.05) is 0 Å². The molecule has 1 aromatic heterocycles. The van der Waals surface area contributed by atoms with Gasteiger partial charge < -0.3 is 10.1 Å². The Bertz CT molecular complexity index is 594. The summed E-state index contributed by atoms with van der Waals surface area (Å²) in [4.78, 5) is 8.49. The summed E-state index contributed by atoms with van der Waals surface area (Å²) in [5.41, 5.74) is 2.49. The van der Waals surface area contributed by atoms with Crippen LogP contribution in [-0.4, -0.2) is 49.3 Å². The van der Waals surface area contributed by atoms with Gasteiger partial charge >= 0.3 is 0 Å². The fourth-order valence-electron chi connectivity index (χ4n) is 2.77. The van der Waals surface area contributed by atoms with Crippen LogP contribution >= 0.6 is 11.3 Å². The molecular weight excluding hydrogens is 306 g/mol. The van der Waals surface area contributed by atoms with Crippen LogP contribution in [0, 0.1) is 6.92 Å². The van der Waals surface area contributed by atoms with Gasteiger partial charge in [-0.15, -0.1) is 11.3 Å². The Labute approximate surface area is 142 Å². The summed E-state index contributed by atoms with van der Waals surface area (Å²) < 4.78 is 5.37. The van der Waals surface area contributed by atoms with Gasteiger partial charge in [0, 0.05) is 30.9 Å². The number of thiazole rings is 1. The van der Waals surface area contributed by atoms with Crippen LogP contribution in [0.25, 0.3) is 0 Å². The largest absolute Gasteiger partial charge is 0.379 e. The molecule has 5 heteroatoms. The van der Waals surface area contributed by atoms with Crippen molar-refractivity contribution in [3.8, 4) is 0 Å². The van der Waals surface area contributed by atoms with Gasteiger partial charge in [-0.1, -0.05) is 30.3 Å². The number of morpholine rings is 1. The minimum Gasteiger partial charge on any atom is -0.379 e. The third-order valence-corrected chi connectivity index (χ3v) is 5.25. The number of rotatable bonds is 7. The van der Waals surface area contributed by atoms with Crippen molar-refractivity contribution in [2.24, 2.45) is 0 Å². The van der Waals surface area contributed by atoms with Crippen LogP contribution in [0.5, 0.6) is 0 Å². The van der Waals surface area contributed by atoms with Gasteiger partial charge in [-0.3, -0.25) is 4.90 Å². The molecule has 2 aromatic rings. The van der Waals surface area contributed by atoms with E-state index in [0.29, 0.717) is 0 Å². The molecule has 1 aromatic carbocycles. The number of aromatic nitrogens is 1. The molecule has 1 saturated heterocycles. The van der Waals surface area contributed by atoms with Crippen LogP contribution in [0.3, 0.4) is 0 Å². The van der Waals surface area contributed by atoms with Crippen molar-refractivity contribution in [2.75, 3.05) is 44.7 Å². The van der Waals surface area contributed by atoms with E-state index in [2.05, 4.69) is 52.5 Å². The van der Waals surface area contributed by atoms with Crippen molar-refractivity contribution in [2.45, 2.75) is 19.8 Å². The lowest BCUT2D eigenvalue weighted by molar-refractivity contribution is 0.0378. The third-order valence-electron chi connectivity index (χ3n) is 4.13. The molecule has 23 heavy (non-hydrogen) atoms. The Morgan fingerprint density at radius 2 is 2.00 bits per heavy atom. The van der Waals surface area contributed by atoms with Crippen LogP contribution in [-0.2, 0) is 11.2 Å². The van der Waals surface area contributed by atoms with Crippen molar-refractivity contribution in [1.82, 2.24) is 9.88 Å². The molecule has 4 nitrogen and oxygen atoms in total. The molecule has 0 spiro atoms. The summed E-state index contributed by atoms with van der Waals surface area (Å²) in [6, 6.07) is 10.6. The molecule has 1 aliphatic rings. The Hall–Kier alpha value is -1.43. The van der Waals surface area contributed by atoms with Gasteiger partial charge in [-0.05, 0) is 25.5 Å². The second-order valence-electron chi connectivity index (χ2n) is 5.92. The molecule has 3 rings (SSSR count). The highest BCUT2D eigenvalue weighted by Gasteiger charge is 2.10. The number of nitrogens with zero attached hydrogens (tertiary/aromatic N) is 2. The predicted octanol–water partition coefficient (Wildman–Crippen LogP) is 3.18. The Morgan fingerprint density at radius 1 is 1.22 bits per heavy atom. The van der Waals surface area contributed by atoms with Crippen molar-refractivity contribution in [3.63, 3.8) is 0 Å². The first kappa shape index (κ1) is 16.4. The van der Waals surface area contributed by atoms with Gasteiger partial charge in [0.15, 0.2) is 5.13 Å². The lowest BCUT2D eigenvalue weighted by Gasteiger charge is -2.26. The van der Waals surface area contributed by atoms with Crippen molar-refractivity contribution < 1.29 is 4.74 Å². The third kappa shape index (κ3) is 5.03. The molecule has 0 amide bonds. The van der Waals surface area contributed by atoms with Crippen molar-refractivity contribution >= 4 is 16.5 Å². The zero-order valence-corrected chi connectivity index (χ0v) is 14.6. The van der Waals surface area contributed by atoms with E-state index in [1.165, 1.54) is 10.4 Å². The SMILES string of the molecule is Cc1nc(NCCCN2CCOCC2)sc1Cc1ccccc1. The number of aryl methyl sites for hydroxylation is 1. The lowest BCUT2D eigenvalue weighted by atomic mass is 10.1. The number of anilines is 1. The average molecular weight is 331 g/mol. The van der Waals surface area contributed by atoms with E-state index < -0.39 is 0 Å². The van der Waals surface area contributed by atoms with E-state index in [-0.39, 0.29) is 0 Å². The first-order valence-corrected chi connectivity index (χ1v) is 9.17. The second-order valence-corrected chi connectivity index (χ2v) is 7.01. The molecule has 1 N–H and O–H groups in total. The van der Waals surface area contributed by atoms with Crippen molar-refractivity contribution in [3.05, 3.63) is 46.5 Å². The molecule has 1 fully saturated rings. The number of nitrogens with one attached hydrogen (secondary N) is 1. The van der Waals surface area contributed by atoms with Crippen LogP contribution in [0.4, 0.5) is 5.13 Å². The van der Waals surface area contributed by atoms with Crippen molar-refractivity contribution in [1.29, 1.82) is 0 Å². The zero-order valence-electron chi connectivity index (χ0n) is 13.8. The predicted molar refractivity (Wildman–Crippen MR) is 96.5 cm³/mol. The first-order valence-electron chi connectivity index (χ1n) is 8.35. The summed E-state index contributed by atoms with van der Waals surface area (Å²) in [5.74, 6) is 0. The second kappa shape index (κ2) is 8.43. The summed E-state index contributed by atoms with van der Waals surface area (Å²) in [6.45, 7) is 8.11. The zero-order chi connectivity index (χ0) is 15.9. The minimum atomic E-state index is 0.877. The van der Waals surface area contributed by atoms with E-state index in [1.54, 1.807) is 11.3 Å². The Balaban J connectivity index is 1.44. The number of ether oxygens (including phenoxy) is 1. The van der Waals surface area contributed by atoms with Gasteiger partial charge in [0.2, 0.25) is 0 Å². The van der Waals surface area contributed by atoms with E-state index in [9.17, 15) is 0 Å². The molecule has 0 radical (unpaired) electrons. The molecule has 0 saturated carbocycles. The van der Waals surface area contributed by atoms with Crippen LogP contribution in [0.2, 0.25) is 0 Å². The fourth-order valence-corrected chi connectivity index (χ4v) is 3.79. The van der Waals surface area contributed by atoms with Crippen LogP contribution in [0.1, 0.15) is 22.6 Å². The van der Waals surface area contributed by atoms with E-state index in [4.69, 9.17) is 4.74 Å². The molecule has 0 bridgehead atoms. The molecule has 124 valence electrons. The maximum absolute atomic E-state index is 5.37. The number of benzene rings is 1. The quantitative estimate of drug-likeness (QED) is 0.791. The minimum absolute atomic E-state index is 0.877. The maximum atomic E-state index is 5.37. The fraction of sp³-hybridized carbons (Fsp3) is 0.500. The summed E-state index contributed by atoms with van der Waals surface area (Å²) in [5, 5.41) is 4.53. The van der Waals surface area contributed by atoms with Crippen LogP contribution < -0.4 is 5.32 Å². The molecule has 2 heterocycles. The molecular formula is C18H25N3OS. The Kier molecular flexibility index (Phi) is 6.02. The molecule has 0 aliphatic carbocycles. The highest BCUT2D eigenvalue weighted by atomic mass is 32.1. The van der Waals surface area contributed by atoms with Gasteiger partial charge in [0.25, 0.3) is 0 Å². The highest BCUT2D eigenvalue weighted by molar-refractivity contribution is 7.15. The van der Waals surface area contributed by atoms with Gasteiger partial charge in [0.1, 0.15) is 0 Å². The van der Waals surface area contributed by atoms with Gasteiger partial charge in [-0.2, -0.15) is 0 Å². The Morgan fingerprint density at radius 3 is 2.78 bits per heavy atom. The molecule has 0 unspecified atom stereocenters. The van der Waals surface area contributed by atoms with Gasteiger partial charge in [0.05, 0.1) is 18.9 Å². The maximum Gasteiger partial charge on any atom is 0.183 e. The molecule has 1 aliphatic heterocycles. The normalized spacial score (nSPS) is 15.7. The highest BCUT2D eigenvalue weighted by Crippen LogP contribution is 2.25. The summed E-state index contributed by atoms with van der Waals surface area (Å²) >= 11 is 1.78. The van der Waals surface area contributed by atoms with Gasteiger partial charge in [-0.25, -0.2) is 4.98 Å². The lowest BCUT2D eigenvalue weighted by Crippen LogP contribution is -2.37. The number of hydrogen-bond acceptors (Lipinski definition) is 5. The smallest absolute Gasteiger partial charge is 0.183 e. The topological polar surface area (TPSA) is 37.4 Å². The number of hydrogen-bond donors (Lipinski definition) is 1. The average Bonchev–Trinajstić information content (AvgIpc) is 2.93. The first-order chi connectivity index (χ1) is 11.3.